The summed E-state index contributed by atoms with van der Waals surface area (Å²) in [6.07, 6.45) is 5.38. The van der Waals surface area contributed by atoms with E-state index in [1.165, 1.54) is 24.0 Å². The molecule has 0 aliphatic heterocycles. The summed E-state index contributed by atoms with van der Waals surface area (Å²) in [6.45, 7) is 7.23. The Morgan fingerprint density at radius 3 is 2.71 bits per heavy atom. The molecule has 0 saturated heterocycles. The Kier molecular flexibility index (Phi) is 5.65. The van der Waals surface area contributed by atoms with E-state index in [-0.39, 0.29) is 12.1 Å². The number of aryl methyl sites for hydroxylation is 2. The summed E-state index contributed by atoms with van der Waals surface area (Å²) in [7, 11) is 0. The van der Waals surface area contributed by atoms with Crippen molar-refractivity contribution in [2.24, 2.45) is 0 Å². The number of nitrogens with one attached hydrogen (secondary N) is 1. The first-order valence-electron chi connectivity index (χ1n) is 8.17. The number of rotatable bonds is 9. The number of benzene rings is 1. The summed E-state index contributed by atoms with van der Waals surface area (Å²) in [6, 6.07) is 6.92. The van der Waals surface area contributed by atoms with Crippen molar-refractivity contribution in [1.29, 1.82) is 0 Å². The minimum Gasteiger partial charge on any atom is -0.493 e. The normalized spacial score (nSPS) is 17.5. The van der Waals surface area contributed by atoms with Gasteiger partial charge in [0.25, 0.3) is 0 Å². The minimum absolute atomic E-state index is 0.119. The van der Waals surface area contributed by atoms with Gasteiger partial charge in [-0.05, 0) is 63.1 Å². The fourth-order valence-corrected chi connectivity index (χ4v) is 2.70. The summed E-state index contributed by atoms with van der Waals surface area (Å²) in [5.41, 5.74) is 2.29. The van der Waals surface area contributed by atoms with Gasteiger partial charge >= 0.3 is 0 Å². The number of aliphatic hydroxyl groups is 1. The maximum absolute atomic E-state index is 9.75. The molecule has 0 amide bonds. The highest BCUT2D eigenvalue weighted by atomic mass is 16.5. The summed E-state index contributed by atoms with van der Waals surface area (Å²) < 4.78 is 5.91. The van der Waals surface area contributed by atoms with E-state index in [0.29, 0.717) is 12.6 Å². The molecule has 0 aromatic heterocycles. The van der Waals surface area contributed by atoms with Gasteiger partial charge in [0, 0.05) is 11.6 Å². The molecule has 1 aliphatic rings. The van der Waals surface area contributed by atoms with E-state index in [4.69, 9.17) is 4.74 Å². The largest absolute Gasteiger partial charge is 0.493 e. The van der Waals surface area contributed by atoms with Gasteiger partial charge in [0.15, 0.2) is 0 Å². The van der Waals surface area contributed by atoms with Gasteiger partial charge in [-0.15, -0.1) is 0 Å². The maximum Gasteiger partial charge on any atom is 0.122 e. The molecule has 1 fully saturated rings. The Morgan fingerprint density at radius 2 is 2.10 bits per heavy atom. The van der Waals surface area contributed by atoms with Crippen LogP contribution in [0, 0.1) is 13.8 Å². The molecule has 0 bridgehead atoms. The average Bonchev–Trinajstić information content (AvgIpc) is 3.29. The minimum atomic E-state index is -0.119. The van der Waals surface area contributed by atoms with Crippen molar-refractivity contribution in [2.75, 3.05) is 13.2 Å². The zero-order valence-corrected chi connectivity index (χ0v) is 13.6. The standard InChI is InChI=1S/C18H29NO2/c1-4-18(13-20,19-16-8-9-16)10-5-11-21-17-12-14(2)6-7-15(17)3/h6-7,12,16,19-20H,4-5,8-11,13H2,1-3H3. The monoisotopic (exact) mass is 291 g/mol. The van der Waals surface area contributed by atoms with Crippen molar-refractivity contribution in [2.45, 2.75) is 64.5 Å². The Hall–Kier alpha value is -1.06. The highest BCUT2D eigenvalue weighted by Gasteiger charge is 2.33. The molecule has 2 rings (SSSR count). The van der Waals surface area contributed by atoms with Crippen LogP contribution in [0.4, 0.5) is 0 Å². The third-order valence-electron chi connectivity index (χ3n) is 4.47. The zero-order chi connectivity index (χ0) is 15.3. The lowest BCUT2D eigenvalue weighted by atomic mass is 9.91. The molecular weight excluding hydrogens is 262 g/mol. The maximum atomic E-state index is 9.75. The second-order valence-corrected chi connectivity index (χ2v) is 6.43. The van der Waals surface area contributed by atoms with Crippen LogP contribution in [0.25, 0.3) is 0 Å². The topological polar surface area (TPSA) is 41.5 Å². The predicted molar refractivity (Wildman–Crippen MR) is 86.9 cm³/mol. The molecule has 3 heteroatoms. The summed E-state index contributed by atoms with van der Waals surface area (Å²) in [5.74, 6) is 0.983. The fourth-order valence-electron chi connectivity index (χ4n) is 2.70. The smallest absolute Gasteiger partial charge is 0.122 e. The van der Waals surface area contributed by atoms with Crippen LogP contribution in [-0.4, -0.2) is 29.9 Å². The molecule has 21 heavy (non-hydrogen) atoms. The van der Waals surface area contributed by atoms with Crippen LogP contribution in [0.15, 0.2) is 18.2 Å². The number of ether oxygens (including phenoxy) is 1. The van der Waals surface area contributed by atoms with Crippen LogP contribution in [0.3, 0.4) is 0 Å². The molecule has 1 aliphatic carbocycles. The Balaban J connectivity index is 1.80. The Bertz CT molecular complexity index is 451. The van der Waals surface area contributed by atoms with E-state index in [1.807, 2.05) is 0 Å². The van der Waals surface area contributed by atoms with Crippen LogP contribution in [-0.2, 0) is 0 Å². The lowest BCUT2D eigenvalue weighted by Gasteiger charge is -2.32. The predicted octanol–water partition coefficient (Wildman–Crippen LogP) is 3.36. The third-order valence-corrected chi connectivity index (χ3v) is 4.47. The second kappa shape index (κ2) is 7.28. The molecule has 0 radical (unpaired) electrons. The van der Waals surface area contributed by atoms with Gasteiger partial charge in [-0.2, -0.15) is 0 Å². The SMILES string of the molecule is CCC(CO)(CCCOc1cc(C)ccc1C)NC1CC1. The number of hydrogen-bond acceptors (Lipinski definition) is 3. The number of aliphatic hydroxyl groups excluding tert-OH is 1. The average molecular weight is 291 g/mol. The summed E-state index contributed by atoms with van der Waals surface area (Å²) in [4.78, 5) is 0. The van der Waals surface area contributed by atoms with Crippen molar-refractivity contribution < 1.29 is 9.84 Å². The quantitative estimate of drug-likeness (QED) is 0.686. The first-order chi connectivity index (χ1) is 10.1. The van der Waals surface area contributed by atoms with Gasteiger partial charge in [0.05, 0.1) is 13.2 Å². The molecule has 118 valence electrons. The van der Waals surface area contributed by atoms with E-state index < -0.39 is 0 Å². The summed E-state index contributed by atoms with van der Waals surface area (Å²) in [5, 5.41) is 13.4. The number of hydrogen-bond donors (Lipinski definition) is 2. The lowest BCUT2D eigenvalue weighted by Crippen LogP contribution is -2.49. The third kappa shape index (κ3) is 4.72. The first-order valence-corrected chi connectivity index (χ1v) is 8.17. The van der Waals surface area contributed by atoms with E-state index in [1.54, 1.807) is 0 Å². The molecule has 1 aromatic rings. The fraction of sp³-hybridized carbons (Fsp3) is 0.667. The van der Waals surface area contributed by atoms with E-state index >= 15 is 0 Å². The van der Waals surface area contributed by atoms with E-state index in [2.05, 4.69) is 44.3 Å². The molecule has 0 spiro atoms. The van der Waals surface area contributed by atoms with Gasteiger partial charge in [0.2, 0.25) is 0 Å². The van der Waals surface area contributed by atoms with Crippen molar-refractivity contribution >= 4 is 0 Å². The molecule has 3 nitrogen and oxygen atoms in total. The van der Waals surface area contributed by atoms with Crippen molar-refractivity contribution in [3.8, 4) is 5.75 Å². The van der Waals surface area contributed by atoms with Gasteiger partial charge in [-0.3, -0.25) is 0 Å². The lowest BCUT2D eigenvalue weighted by molar-refractivity contribution is 0.135. The van der Waals surface area contributed by atoms with Gasteiger partial charge < -0.3 is 15.2 Å². The van der Waals surface area contributed by atoms with E-state index in [0.717, 1.165) is 25.0 Å². The Labute approximate surface area is 128 Å². The van der Waals surface area contributed by atoms with Crippen LogP contribution in [0.5, 0.6) is 5.75 Å². The molecule has 1 saturated carbocycles. The summed E-state index contributed by atoms with van der Waals surface area (Å²) >= 11 is 0. The van der Waals surface area contributed by atoms with Crippen molar-refractivity contribution in [3.63, 3.8) is 0 Å². The van der Waals surface area contributed by atoms with Crippen LogP contribution in [0.2, 0.25) is 0 Å². The molecule has 0 heterocycles. The van der Waals surface area contributed by atoms with Crippen LogP contribution >= 0.6 is 0 Å². The highest BCUT2D eigenvalue weighted by molar-refractivity contribution is 5.35. The molecule has 1 aromatic carbocycles. The van der Waals surface area contributed by atoms with Gasteiger partial charge in [-0.25, -0.2) is 0 Å². The second-order valence-electron chi connectivity index (χ2n) is 6.43. The van der Waals surface area contributed by atoms with Gasteiger partial charge in [0.1, 0.15) is 5.75 Å². The van der Waals surface area contributed by atoms with Crippen LogP contribution < -0.4 is 10.1 Å². The van der Waals surface area contributed by atoms with Crippen molar-refractivity contribution in [3.05, 3.63) is 29.3 Å². The van der Waals surface area contributed by atoms with Crippen molar-refractivity contribution in [1.82, 2.24) is 5.32 Å². The van der Waals surface area contributed by atoms with E-state index in [9.17, 15) is 5.11 Å². The first kappa shape index (κ1) is 16.3. The molecule has 2 N–H and O–H groups in total. The van der Waals surface area contributed by atoms with Crippen LogP contribution in [0.1, 0.15) is 50.2 Å². The molecular formula is C18H29NO2. The molecule has 1 atom stereocenters. The Morgan fingerprint density at radius 1 is 1.33 bits per heavy atom. The molecule has 1 unspecified atom stereocenters. The zero-order valence-electron chi connectivity index (χ0n) is 13.6. The van der Waals surface area contributed by atoms with Gasteiger partial charge in [-0.1, -0.05) is 19.1 Å². The highest BCUT2D eigenvalue weighted by Crippen LogP contribution is 2.27.